The molecule has 0 fully saturated rings. The van der Waals surface area contributed by atoms with Gasteiger partial charge < -0.3 is 11.1 Å². The van der Waals surface area contributed by atoms with Crippen LogP contribution in [0.25, 0.3) is 0 Å². The predicted octanol–water partition coefficient (Wildman–Crippen LogP) is 1.93. The molecular weight excluding hydrogens is 214 g/mol. The number of hydrogen-bond acceptors (Lipinski definition) is 2. The molecule has 0 radical (unpaired) electrons. The van der Waals surface area contributed by atoms with Crippen molar-refractivity contribution in [3.63, 3.8) is 0 Å². The van der Waals surface area contributed by atoms with Crippen molar-refractivity contribution in [1.82, 2.24) is 5.32 Å². The molecule has 3 N–H and O–H groups in total. The van der Waals surface area contributed by atoms with Gasteiger partial charge in [0.25, 0.3) is 5.91 Å². The van der Waals surface area contributed by atoms with Crippen molar-refractivity contribution in [2.75, 3.05) is 12.3 Å². The number of anilines is 1. The first-order valence-electron chi connectivity index (χ1n) is 4.94. The quantitative estimate of drug-likeness (QED) is 0.777. The summed E-state index contributed by atoms with van der Waals surface area (Å²) in [5, 5.41) is 2.49. The molecule has 0 unspecified atom stereocenters. The number of nitrogens with one attached hydrogen (secondary N) is 1. The van der Waals surface area contributed by atoms with Crippen molar-refractivity contribution < 1.29 is 13.6 Å². The van der Waals surface area contributed by atoms with Crippen molar-refractivity contribution in [2.24, 2.45) is 5.92 Å². The van der Waals surface area contributed by atoms with Gasteiger partial charge in [-0.3, -0.25) is 4.79 Å². The molecule has 0 atom stereocenters. The van der Waals surface area contributed by atoms with E-state index in [9.17, 15) is 13.6 Å². The molecule has 1 rings (SSSR count). The van der Waals surface area contributed by atoms with E-state index in [1.54, 1.807) is 0 Å². The maximum absolute atomic E-state index is 13.4. The van der Waals surface area contributed by atoms with Crippen LogP contribution in [0.5, 0.6) is 0 Å². The Balaban J connectivity index is 2.91. The zero-order valence-corrected chi connectivity index (χ0v) is 9.18. The number of rotatable bonds is 3. The van der Waals surface area contributed by atoms with E-state index in [-0.39, 0.29) is 17.2 Å². The number of halogens is 2. The maximum Gasteiger partial charge on any atom is 0.254 e. The lowest BCUT2D eigenvalue weighted by Gasteiger charge is -2.09. The highest BCUT2D eigenvalue weighted by molar-refractivity contribution is 5.95. The van der Waals surface area contributed by atoms with Gasteiger partial charge in [0.2, 0.25) is 0 Å². The predicted molar refractivity (Wildman–Crippen MR) is 57.9 cm³/mol. The van der Waals surface area contributed by atoms with Crippen LogP contribution in [0.4, 0.5) is 14.5 Å². The Morgan fingerprint density at radius 2 is 2.06 bits per heavy atom. The van der Waals surface area contributed by atoms with Crippen molar-refractivity contribution in [3.05, 3.63) is 29.3 Å². The molecule has 0 saturated heterocycles. The molecular formula is C11H14F2N2O. The van der Waals surface area contributed by atoms with Crippen LogP contribution in [0.1, 0.15) is 24.2 Å². The molecule has 5 heteroatoms. The normalized spacial score (nSPS) is 10.6. The van der Waals surface area contributed by atoms with Crippen LogP contribution in [0.2, 0.25) is 0 Å². The van der Waals surface area contributed by atoms with Crippen molar-refractivity contribution in [2.45, 2.75) is 13.8 Å². The third-order valence-electron chi connectivity index (χ3n) is 1.98. The smallest absolute Gasteiger partial charge is 0.254 e. The van der Waals surface area contributed by atoms with E-state index in [0.717, 1.165) is 12.1 Å². The van der Waals surface area contributed by atoms with Gasteiger partial charge in [-0.05, 0) is 18.1 Å². The number of hydrogen-bond donors (Lipinski definition) is 2. The van der Waals surface area contributed by atoms with Gasteiger partial charge in [0.05, 0.1) is 11.3 Å². The molecule has 0 bridgehead atoms. The Morgan fingerprint density at radius 1 is 1.44 bits per heavy atom. The standard InChI is InChI=1S/C11H14F2N2O/c1-6(2)5-15-11(16)8-3-7(12)4-9(14)10(8)13/h3-4,6H,5,14H2,1-2H3,(H,15,16). The Hall–Kier alpha value is -1.65. The summed E-state index contributed by atoms with van der Waals surface area (Å²) in [6, 6.07) is 1.68. The molecule has 0 aliphatic rings. The number of benzene rings is 1. The molecule has 0 aromatic heterocycles. The van der Waals surface area contributed by atoms with E-state index in [4.69, 9.17) is 5.73 Å². The van der Waals surface area contributed by atoms with Gasteiger partial charge in [-0.25, -0.2) is 8.78 Å². The zero-order chi connectivity index (χ0) is 12.3. The summed E-state index contributed by atoms with van der Waals surface area (Å²) in [4.78, 5) is 11.5. The van der Waals surface area contributed by atoms with Crippen LogP contribution < -0.4 is 11.1 Å². The van der Waals surface area contributed by atoms with E-state index in [1.807, 2.05) is 13.8 Å². The summed E-state index contributed by atoms with van der Waals surface area (Å²) < 4.78 is 26.3. The zero-order valence-electron chi connectivity index (χ0n) is 9.18. The molecule has 0 spiro atoms. The third kappa shape index (κ3) is 2.92. The lowest BCUT2D eigenvalue weighted by Crippen LogP contribution is -2.28. The van der Waals surface area contributed by atoms with Crippen LogP contribution in [-0.4, -0.2) is 12.5 Å². The van der Waals surface area contributed by atoms with Gasteiger partial charge in [0.1, 0.15) is 5.82 Å². The number of carbonyl (C=O) groups is 1. The van der Waals surface area contributed by atoms with Gasteiger partial charge in [-0.1, -0.05) is 13.8 Å². The van der Waals surface area contributed by atoms with Gasteiger partial charge in [0, 0.05) is 6.54 Å². The Morgan fingerprint density at radius 3 is 2.62 bits per heavy atom. The second-order valence-corrected chi connectivity index (χ2v) is 3.96. The molecule has 1 amide bonds. The fourth-order valence-electron chi connectivity index (χ4n) is 1.17. The lowest BCUT2D eigenvalue weighted by molar-refractivity contribution is 0.0944. The largest absolute Gasteiger partial charge is 0.396 e. The highest BCUT2D eigenvalue weighted by atomic mass is 19.1. The van der Waals surface area contributed by atoms with Crippen molar-refractivity contribution >= 4 is 11.6 Å². The van der Waals surface area contributed by atoms with Crippen LogP contribution in [0.15, 0.2) is 12.1 Å². The van der Waals surface area contributed by atoms with Crippen LogP contribution in [0, 0.1) is 17.6 Å². The second kappa shape index (κ2) is 4.92. The molecule has 1 aromatic carbocycles. The summed E-state index contributed by atoms with van der Waals surface area (Å²) >= 11 is 0. The number of amides is 1. The summed E-state index contributed by atoms with van der Waals surface area (Å²) in [5.74, 6) is -2.04. The minimum Gasteiger partial charge on any atom is -0.396 e. The highest BCUT2D eigenvalue weighted by Crippen LogP contribution is 2.17. The van der Waals surface area contributed by atoms with E-state index >= 15 is 0 Å². The molecule has 0 aliphatic carbocycles. The molecule has 1 aromatic rings. The average Bonchev–Trinajstić information content (AvgIpc) is 2.19. The van der Waals surface area contributed by atoms with Crippen molar-refractivity contribution in [3.8, 4) is 0 Å². The van der Waals surface area contributed by atoms with E-state index < -0.39 is 17.5 Å². The molecule has 0 saturated carbocycles. The number of nitrogen functional groups attached to an aromatic ring is 1. The first-order valence-corrected chi connectivity index (χ1v) is 4.94. The first-order chi connectivity index (χ1) is 7.41. The SMILES string of the molecule is CC(C)CNC(=O)c1cc(F)cc(N)c1F. The van der Waals surface area contributed by atoms with Gasteiger partial charge in [-0.15, -0.1) is 0 Å². The minimum atomic E-state index is -0.886. The summed E-state index contributed by atoms with van der Waals surface area (Å²) in [6.45, 7) is 4.20. The maximum atomic E-state index is 13.4. The van der Waals surface area contributed by atoms with Crippen LogP contribution >= 0.6 is 0 Å². The van der Waals surface area contributed by atoms with Gasteiger partial charge in [-0.2, -0.15) is 0 Å². The van der Waals surface area contributed by atoms with E-state index in [0.29, 0.717) is 6.54 Å². The van der Waals surface area contributed by atoms with Crippen LogP contribution in [-0.2, 0) is 0 Å². The topological polar surface area (TPSA) is 55.1 Å². The van der Waals surface area contributed by atoms with E-state index in [1.165, 1.54) is 0 Å². The van der Waals surface area contributed by atoms with Gasteiger partial charge >= 0.3 is 0 Å². The number of nitrogens with two attached hydrogens (primary N) is 1. The molecule has 88 valence electrons. The first kappa shape index (κ1) is 12.4. The summed E-state index contributed by atoms with van der Waals surface area (Å²) in [7, 11) is 0. The van der Waals surface area contributed by atoms with E-state index in [2.05, 4.69) is 5.32 Å². The van der Waals surface area contributed by atoms with Crippen LogP contribution in [0.3, 0.4) is 0 Å². The molecule has 16 heavy (non-hydrogen) atoms. The van der Waals surface area contributed by atoms with Crippen molar-refractivity contribution in [1.29, 1.82) is 0 Å². The minimum absolute atomic E-state index is 0.234. The van der Waals surface area contributed by atoms with Gasteiger partial charge in [0.15, 0.2) is 5.82 Å². The Labute approximate surface area is 92.6 Å². The molecule has 0 heterocycles. The lowest BCUT2D eigenvalue weighted by atomic mass is 10.1. The monoisotopic (exact) mass is 228 g/mol. The third-order valence-corrected chi connectivity index (χ3v) is 1.98. The Kier molecular flexibility index (Phi) is 3.82. The molecule has 3 nitrogen and oxygen atoms in total. The fraction of sp³-hybridized carbons (Fsp3) is 0.364. The number of carbonyl (C=O) groups excluding carboxylic acids is 1. The highest BCUT2D eigenvalue weighted by Gasteiger charge is 2.15. The fourth-order valence-corrected chi connectivity index (χ4v) is 1.17. The summed E-state index contributed by atoms with van der Waals surface area (Å²) in [5.41, 5.74) is 4.49. The average molecular weight is 228 g/mol. The summed E-state index contributed by atoms with van der Waals surface area (Å²) in [6.07, 6.45) is 0. The Bertz CT molecular complexity index is 405. The molecule has 0 aliphatic heterocycles. The second-order valence-electron chi connectivity index (χ2n) is 3.96.